The first-order chi connectivity index (χ1) is 17.6. The lowest BCUT2D eigenvalue weighted by Crippen LogP contribution is -2.10. The average molecular weight is 513 g/mol. The zero-order valence-corrected chi connectivity index (χ0v) is 19.6. The van der Waals surface area contributed by atoms with Crippen molar-refractivity contribution in [3.63, 3.8) is 0 Å². The zero-order chi connectivity index (χ0) is 26.7. The Morgan fingerprint density at radius 2 is 1.73 bits per heavy atom. The Hall–Kier alpha value is -4.47. The molecule has 3 N–H and O–H groups in total. The molecular formula is C27H22F3NO6. The van der Waals surface area contributed by atoms with E-state index in [0.717, 1.165) is 11.6 Å². The Labute approximate surface area is 209 Å². The quantitative estimate of drug-likeness (QED) is 0.174. The van der Waals surface area contributed by atoms with Gasteiger partial charge in [-0.2, -0.15) is 13.2 Å². The fourth-order valence-corrected chi connectivity index (χ4v) is 4.25. The maximum Gasteiger partial charge on any atom is 0.512 e. The van der Waals surface area contributed by atoms with Crippen molar-refractivity contribution in [3.8, 4) is 22.8 Å². The maximum absolute atomic E-state index is 13.2. The smallest absolute Gasteiger partial charge is 0.493 e. The number of carbonyl (C=O) groups is 2. The predicted molar refractivity (Wildman–Crippen MR) is 129 cm³/mol. The van der Waals surface area contributed by atoms with Crippen LogP contribution >= 0.6 is 0 Å². The number of halogens is 3. The van der Waals surface area contributed by atoms with Crippen LogP contribution in [0.15, 0.2) is 60.7 Å². The number of carboxylic acids is 1. The van der Waals surface area contributed by atoms with E-state index in [9.17, 15) is 33.0 Å². The number of carboxylic acid groups (broad SMARTS) is 2. The first-order valence-corrected chi connectivity index (χ1v) is 11.2. The summed E-state index contributed by atoms with van der Waals surface area (Å²) in [6.45, 7) is 1.73. The molecule has 10 heteroatoms. The summed E-state index contributed by atoms with van der Waals surface area (Å²) in [4.78, 5) is 25.6. The van der Waals surface area contributed by atoms with Gasteiger partial charge in [0.2, 0.25) is 5.88 Å². The molecular weight excluding hydrogens is 491 g/mol. The summed E-state index contributed by atoms with van der Waals surface area (Å²) in [7, 11) is 0. The van der Waals surface area contributed by atoms with Crippen molar-refractivity contribution in [3.05, 3.63) is 82.9 Å². The van der Waals surface area contributed by atoms with Crippen LogP contribution in [0.3, 0.4) is 0 Å². The van der Waals surface area contributed by atoms with Crippen molar-refractivity contribution in [1.29, 1.82) is 0 Å². The summed E-state index contributed by atoms with van der Waals surface area (Å²) < 4.78 is 50.0. The van der Waals surface area contributed by atoms with E-state index >= 15 is 0 Å². The molecule has 192 valence electrons. The number of benzene rings is 3. The molecule has 0 radical (unpaired) electrons. The lowest BCUT2D eigenvalue weighted by atomic mass is 9.96. The second-order valence-corrected chi connectivity index (χ2v) is 8.31. The van der Waals surface area contributed by atoms with Gasteiger partial charge in [0.1, 0.15) is 5.75 Å². The third-order valence-corrected chi connectivity index (χ3v) is 5.88. The van der Waals surface area contributed by atoms with E-state index < -0.39 is 23.9 Å². The molecule has 0 unspecified atom stereocenters. The summed E-state index contributed by atoms with van der Waals surface area (Å²) in [6, 6.07) is 15.0. The Morgan fingerprint density at radius 1 is 0.973 bits per heavy atom. The number of rotatable bonds is 8. The van der Waals surface area contributed by atoms with Crippen molar-refractivity contribution in [2.45, 2.75) is 25.9 Å². The third kappa shape index (κ3) is 5.53. The number of nitrogens with one attached hydrogen (secondary N) is 1. The van der Waals surface area contributed by atoms with Crippen molar-refractivity contribution >= 4 is 23.0 Å². The highest BCUT2D eigenvalue weighted by Crippen LogP contribution is 2.38. The van der Waals surface area contributed by atoms with Crippen molar-refractivity contribution in [1.82, 2.24) is 4.98 Å². The summed E-state index contributed by atoms with van der Waals surface area (Å²) in [5, 5.41) is 19.2. The molecule has 0 aliphatic rings. The zero-order valence-electron chi connectivity index (χ0n) is 19.6. The topological polar surface area (TPSA) is 109 Å². The van der Waals surface area contributed by atoms with E-state index in [-0.39, 0.29) is 36.6 Å². The van der Waals surface area contributed by atoms with Gasteiger partial charge in [-0.25, -0.2) is 9.59 Å². The maximum atomic E-state index is 13.2. The van der Waals surface area contributed by atoms with E-state index in [1.807, 2.05) is 6.07 Å². The van der Waals surface area contributed by atoms with Crippen LogP contribution in [0.1, 0.15) is 33.5 Å². The van der Waals surface area contributed by atoms with Gasteiger partial charge in [0.15, 0.2) is 0 Å². The number of H-pyrrole nitrogens is 1. The number of fused-ring (bicyclic) bond motifs is 1. The molecule has 0 saturated heterocycles. The Bertz CT molecular complexity index is 1480. The number of hydrogen-bond acceptors (Lipinski definition) is 4. The number of para-hydroxylation sites is 2. The lowest BCUT2D eigenvalue weighted by molar-refractivity contribution is -0.139. The fourth-order valence-electron chi connectivity index (χ4n) is 4.25. The number of alkyl halides is 3. The molecule has 0 bridgehead atoms. The minimum atomic E-state index is -4.55. The predicted octanol–water partition coefficient (Wildman–Crippen LogP) is 6.93. The van der Waals surface area contributed by atoms with Gasteiger partial charge in [-0.15, -0.1) is 0 Å². The van der Waals surface area contributed by atoms with Gasteiger partial charge in [0.05, 0.1) is 23.3 Å². The highest BCUT2D eigenvalue weighted by Gasteiger charge is 2.34. The number of aromatic carboxylic acids is 1. The molecule has 1 heterocycles. The van der Waals surface area contributed by atoms with Crippen molar-refractivity contribution in [2.24, 2.45) is 0 Å². The van der Waals surface area contributed by atoms with Gasteiger partial charge in [0.25, 0.3) is 0 Å². The van der Waals surface area contributed by atoms with Crippen LogP contribution in [0.25, 0.3) is 22.0 Å². The molecule has 0 saturated carbocycles. The van der Waals surface area contributed by atoms with Crippen LogP contribution in [-0.4, -0.2) is 33.9 Å². The minimum absolute atomic E-state index is 0.00505. The summed E-state index contributed by atoms with van der Waals surface area (Å²) in [5.74, 6) is -1.32. The molecule has 0 atom stereocenters. The molecule has 4 rings (SSSR count). The van der Waals surface area contributed by atoms with E-state index in [0.29, 0.717) is 27.6 Å². The first-order valence-electron chi connectivity index (χ1n) is 11.2. The monoisotopic (exact) mass is 513 g/mol. The van der Waals surface area contributed by atoms with E-state index in [1.54, 1.807) is 31.2 Å². The van der Waals surface area contributed by atoms with E-state index in [2.05, 4.69) is 4.98 Å². The number of ether oxygens (including phenoxy) is 2. The van der Waals surface area contributed by atoms with Crippen LogP contribution in [0.2, 0.25) is 0 Å². The van der Waals surface area contributed by atoms with Gasteiger partial charge >= 0.3 is 18.3 Å². The molecule has 3 aromatic carbocycles. The van der Waals surface area contributed by atoms with Crippen LogP contribution < -0.4 is 9.47 Å². The highest BCUT2D eigenvalue weighted by molar-refractivity contribution is 5.99. The highest BCUT2D eigenvalue weighted by atomic mass is 19.4. The molecule has 0 aliphatic heterocycles. The average Bonchev–Trinajstić information content (AvgIpc) is 3.18. The molecule has 0 amide bonds. The van der Waals surface area contributed by atoms with Crippen LogP contribution in [0.5, 0.6) is 11.6 Å². The van der Waals surface area contributed by atoms with Gasteiger partial charge in [-0.05, 0) is 55.2 Å². The van der Waals surface area contributed by atoms with Crippen LogP contribution in [0.4, 0.5) is 18.0 Å². The Kier molecular flexibility index (Phi) is 7.10. The molecule has 0 spiro atoms. The second-order valence-electron chi connectivity index (χ2n) is 8.31. The summed E-state index contributed by atoms with van der Waals surface area (Å²) >= 11 is 0. The lowest BCUT2D eigenvalue weighted by Gasteiger charge is -2.13. The summed E-state index contributed by atoms with van der Waals surface area (Å²) in [5.41, 5.74) is 2.56. The first kappa shape index (κ1) is 25.6. The van der Waals surface area contributed by atoms with Gasteiger partial charge < -0.3 is 24.7 Å². The minimum Gasteiger partial charge on any atom is -0.493 e. The normalized spacial score (nSPS) is 11.5. The van der Waals surface area contributed by atoms with Crippen molar-refractivity contribution in [2.75, 3.05) is 6.61 Å². The van der Waals surface area contributed by atoms with E-state index in [1.165, 1.54) is 24.3 Å². The van der Waals surface area contributed by atoms with Crippen molar-refractivity contribution < 1.29 is 42.4 Å². The SMILES string of the molecule is Cc1cc(C(=O)O)ccc1-c1cccc2c(CCCOc3ccccc3C(F)(F)F)c(OC(=O)O)[nH]c12. The molecule has 4 aromatic rings. The Balaban J connectivity index is 1.63. The fraction of sp³-hybridized carbons (Fsp3) is 0.185. The van der Waals surface area contributed by atoms with Crippen LogP contribution in [0, 0.1) is 6.92 Å². The molecule has 7 nitrogen and oxygen atoms in total. The number of aryl methyl sites for hydroxylation is 2. The molecule has 0 fully saturated rings. The number of aromatic nitrogens is 1. The molecule has 0 aliphatic carbocycles. The third-order valence-electron chi connectivity index (χ3n) is 5.88. The largest absolute Gasteiger partial charge is 0.512 e. The van der Waals surface area contributed by atoms with Gasteiger partial charge in [-0.3, -0.25) is 0 Å². The number of aromatic amines is 1. The molecule has 37 heavy (non-hydrogen) atoms. The second kappa shape index (κ2) is 10.3. The van der Waals surface area contributed by atoms with Gasteiger partial charge in [-0.1, -0.05) is 36.4 Å². The Morgan fingerprint density at radius 3 is 2.41 bits per heavy atom. The van der Waals surface area contributed by atoms with Crippen LogP contribution in [-0.2, 0) is 12.6 Å². The van der Waals surface area contributed by atoms with E-state index in [4.69, 9.17) is 9.47 Å². The van der Waals surface area contributed by atoms with Gasteiger partial charge in [0, 0.05) is 16.5 Å². The summed E-state index contributed by atoms with van der Waals surface area (Å²) in [6.07, 6.45) is -5.53. The standard InChI is InChI=1S/C27H22F3NO6/c1-15-14-16(25(32)33)11-12-17(15)18-6-4-7-19-20(24(31-23(18)19)37-26(34)35)8-5-13-36-22-10-3-2-9-21(22)27(28,29)30/h2-4,6-7,9-12,14,31H,5,8,13H2,1H3,(H,32,33)(H,34,35). The number of hydrogen-bond donors (Lipinski definition) is 3. The molecule has 1 aromatic heterocycles.